The average Bonchev–Trinajstić information content (AvgIpc) is 2.79. The molecule has 10 nitrogen and oxygen atoms in total. The zero-order valence-electron chi connectivity index (χ0n) is 18.2. The summed E-state index contributed by atoms with van der Waals surface area (Å²) in [6.07, 6.45) is 0.882. The van der Waals surface area contributed by atoms with Gasteiger partial charge in [-0.1, -0.05) is 36.7 Å². The second-order valence-electron chi connectivity index (χ2n) is 7.72. The van der Waals surface area contributed by atoms with Crippen molar-refractivity contribution >= 4 is 40.6 Å². The molecule has 1 saturated heterocycles. The van der Waals surface area contributed by atoms with Gasteiger partial charge in [0.2, 0.25) is 11.9 Å². The zero-order chi connectivity index (χ0) is 23.4. The fourth-order valence-corrected chi connectivity index (χ4v) is 4.06. The second kappa shape index (κ2) is 9.97. The number of piperazine rings is 1. The second-order valence-corrected chi connectivity index (χ2v) is 8.16. The Bertz CT molecular complexity index is 1150. The highest BCUT2D eigenvalue weighted by atomic mass is 35.5. The monoisotopic (exact) mass is 468 g/mol. The minimum atomic E-state index is -0.396. The Hall–Kier alpha value is -3.50. The summed E-state index contributed by atoms with van der Waals surface area (Å²) < 4.78 is 0. The lowest BCUT2D eigenvalue weighted by atomic mass is 10.1. The van der Waals surface area contributed by atoms with E-state index in [1.807, 2.05) is 23.1 Å². The van der Waals surface area contributed by atoms with Crippen LogP contribution in [-0.2, 0) is 13.0 Å². The summed E-state index contributed by atoms with van der Waals surface area (Å²) in [5.74, 6) is 1.14. The Morgan fingerprint density at radius 3 is 2.61 bits per heavy atom. The zero-order valence-corrected chi connectivity index (χ0v) is 19.0. The molecule has 11 heteroatoms. The molecule has 33 heavy (non-hydrogen) atoms. The minimum Gasteiger partial charge on any atom is -0.368 e. The lowest BCUT2D eigenvalue weighted by Gasteiger charge is -2.35. The van der Waals surface area contributed by atoms with E-state index in [0.29, 0.717) is 55.2 Å². The molecule has 4 rings (SSSR count). The van der Waals surface area contributed by atoms with Crippen LogP contribution in [0, 0.1) is 10.1 Å². The molecule has 0 aliphatic carbocycles. The van der Waals surface area contributed by atoms with E-state index in [1.165, 1.54) is 6.07 Å². The van der Waals surface area contributed by atoms with E-state index in [2.05, 4.69) is 38.2 Å². The molecule has 0 saturated carbocycles. The van der Waals surface area contributed by atoms with Crippen LogP contribution < -0.4 is 16.0 Å². The molecule has 1 aliphatic heterocycles. The van der Waals surface area contributed by atoms with Crippen LogP contribution in [0.5, 0.6) is 0 Å². The summed E-state index contributed by atoms with van der Waals surface area (Å²) >= 11 is 5.94. The number of benzene rings is 2. The molecule has 2 heterocycles. The molecule has 1 aromatic heterocycles. The number of aryl methyl sites for hydroxylation is 1. The highest BCUT2D eigenvalue weighted by Crippen LogP contribution is 2.31. The first kappa shape index (κ1) is 22.7. The fraction of sp³-hybridized carbons (Fsp3) is 0.318. The van der Waals surface area contributed by atoms with E-state index < -0.39 is 4.92 Å². The van der Waals surface area contributed by atoms with E-state index in [0.717, 1.165) is 17.7 Å². The fourth-order valence-electron chi connectivity index (χ4n) is 3.89. The van der Waals surface area contributed by atoms with Crippen LogP contribution in [-0.4, -0.2) is 51.0 Å². The molecule has 2 aromatic carbocycles. The van der Waals surface area contributed by atoms with Gasteiger partial charge >= 0.3 is 0 Å². The number of hydrogen-bond donors (Lipinski definition) is 2. The smallest absolute Gasteiger partial charge is 0.294 e. The van der Waals surface area contributed by atoms with Crippen LogP contribution in [0.25, 0.3) is 0 Å². The molecule has 1 aliphatic rings. The number of nitrogens with zero attached hydrogens (tertiary/aromatic N) is 6. The predicted molar refractivity (Wildman–Crippen MR) is 129 cm³/mol. The molecule has 1 fully saturated rings. The lowest BCUT2D eigenvalue weighted by molar-refractivity contribution is -0.384. The molecule has 172 valence electrons. The van der Waals surface area contributed by atoms with Crippen molar-refractivity contribution in [2.45, 2.75) is 19.9 Å². The highest BCUT2D eigenvalue weighted by molar-refractivity contribution is 6.30. The van der Waals surface area contributed by atoms with Gasteiger partial charge in [0.15, 0.2) is 0 Å². The number of nitrogens with two attached hydrogens (primary N) is 1. The molecule has 0 radical (unpaired) electrons. The first-order valence-electron chi connectivity index (χ1n) is 10.7. The molecule has 3 aromatic rings. The third-order valence-electron chi connectivity index (χ3n) is 5.56. The summed E-state index contributed by atoms with van der Waals surface area (Å²) in [5.41, 5.74) is 8.63. The number of nitro groups is 1. The van der Waals surface area contributed by atoms with Gasteiger partial charge in [-0.25, -0.2) is 0 Å². The Labute approximate surface area is 196 Å². The topological polar surface area (TPSA) is 126 Å². The van der Waals surface area contributed by atoms with Crippen LogP contribution in [0.3, 0.4) is 0 Å². The SMILES string of the molecule is CCc1ccccc1Nc1nc(N)nc(CN2CCN(c3ccc(Cl)cc3[N+](=O)[O-])CC2)n1. The van der Waals surface area contributed by atoms with Crippen molar-refractivity contribution in [3.63, 3.8) is 0 Å². The predicted octanol–water partition coefficient (Wildman–Crippen LogP) is 3.64. The maximum Gasteiger partial charge on any atom is 0.294 e. The Balaban J connectivity index is 1.42. The third kappa shape index (κ3) is 5.47. The average molecular weight is 469 g/mol. The van der Waals surface area contributed by atoms with Crippen LogP contribution in [0.1, 0.15) is 18.3 Å². The van der Waals surface area contributed by atoms with Gasteiger partial charge < -0.3 is 16.0 Å². The Kier molecular flexibility index (Phi) is 6.85. The quantitative estimate of drug-likeness (QED) is 0.394. The summed E-state index contributed by atoms with van der Waals surface area (Å²) in [7, 11) is 0. The number of anilines is 4. The van der Waals surface area contributed by atoms with Crippen molar-refractivity contribution in [3.8, 4) is 0 Å². The summed E-state index contributed by atoms with van der Waals surface area (Å²) in [4.78, 5) is 28.3. The number of nitro benzene ring substituents is 1. The van der Waals surface area contributed by atoms with Gasteiger partial charge in [-0.15, -0.1) is 0 Å². The van der Waals surface area contributed by atoms with Gasteiger partial charge in [0.25, 0.3) is 5.69 Å². The van der Waals surface area contributed by atoms with Gasteiger partial charge in [-0.2, -0.15) is 15.0 Å². The molecular formula is C22H25ClN8O2. The van der Waals surface area contributed by atoms with Crippen molar-refractivity contribution in [2.75, 3.05) is 42.1 Å². The van der Waals surface area contributed by atoms with Gasteiger partial charge in [0, 0.05) is 43.0 Å². The van der Waals surface area contributed by atoms with Crippen LogP contribution in [0.2, 0.25) is 5.02 Å². The minimum absolute atomic E-state index is 0.0178. The Morgan fingerprint density at radius 1 is 1.12 bits per heavy atom. The largest absolute Gasteiger partial charge is 0.368 e. The highest BCUT2D eigenvalue weighted by Gasteiger charge is 2.24. The van der Waals surface area contributed by atoms with E-state index >= 15 is 0 Å². The van der Waals surface area contributed by atoms with Gasteiger partial charge in [0.05, 0.1) is 11.5 Å². The third-order valence-corrected chi connectivity index (χ3v) is 5.79. The van der Waals surface area contributed by atoms with Gasteiger partial charge in [-0.05, 0) is 30.2 Å². The number of rotatable bonds is 7. The van der Waals surface area contributed by atoms with Crippen molar-refractivity contribution in [3.05, 3.63) is 69.0 Å². The maximum absolute atomic E-state index is 11.4. The van der Waals surface area contributed by atoms with Crippen molar-refractivity contribution in [1.29, 1.82) is 0 Å². The summed E-state index contributed by atoms with van der Waals surface area (Å²) in [6.45, 7) is 5.27. The van der Waals surface area contributed by atoms with E-state index in [1.54, 1.807) is 12.1 Å². The van der Waals surface area contributed by atoms with E-state index in [4.69, 9.17) is 17.3 Å². The first-order valence-corrected chi connectivity index (χ1v) is 11.1. The van der Waals surface area contributed by atoms with Crippen molar-refractivity contribution in [1.82, 2.24) is 19.9 Å². The first-order chi connectivity index (χ1) is 15.9. The molecule has 0 bridgehead atoms. The van der Waals surface area contributed by atoms with Crippen molar-refractivity contribution in [2.24, 2.45) is 0 Å². The van der Waals surface area contributed by atoms with Crippen LogP contribution >= 0.6 is 11.6 Å². The number of hydrogen-bond acceptors (Lipinski definition) is 9. The Morgan fingerprint density at radius 2 is 1.88 bits per heavy atom. The van der Waals surface area contributed by atoms with Crippen molar-refractivity contribution < 1.29 is 4.92 Å². The normalized spacial score (nSPS) is 14.3. The number of nitrogens with one attached hydrogen (secondary N) is 1. The number of para-hydroxylation sites is 1. The molecular weight excluding hydrogens is 444 g/mol. The number of nitrogen functional groups attached to an aromatic ring is 1. The molecule has 0 unspecified atom stereocenters. The van der Waals surface area contributed by atoms with Gasteiger partial charge in [0.1, 0.15) is 11.5 Å². The number of halogens is 1. The molecule has 3 N–H and O–H groups in total. The van der Waals surface area contributed by atoms with Crippen LogP contribution in [0.15, 0.2) is 42.5 Å². The molecule has 0 amide bonds. The van der Waals surface area contributed by atoms with E-state index in [9.17, 15) is 10.1 Å². The summed E-state index contributed by atoms with van der Waals surface area (Å²) in [6, 6.07) is 12.8. The summed E-state index contributed by atoms with van der Waals surface area (Å²) in [5, 5.41) is 15.0. The molecule has 0 spiro atoms. The van der Waals surface area contributed by atoms with E-state index in [-0.39, 0.29) is 11.6 Å². The standard InChI is InChI=1S/C22H25ClN8O2/c1-2-15-5-3-4-6-17(15)25-22-27-20(26-21(24)28-22)14-29-9-11-30(12-10-29)18-8-7-16(23)13-19(18)31(32)33/h3-8,13H,2,9-12,14H2,1H3,(H3,24,25,26,27,28). The van der Waals surface area contributed by atoms with Gasteiger partial charge in [-0.3, -0.25) is 15.0 Å². The van der Waals surface area contributed by atoms with Crippen LogP contribution in [0.4, 0.5) is 29.0 Å². The lowest BCUT2D eigenvalue weighted by Crippen LogP contribution is -2.46. The molecule has 0 atom stereocenters. The maximum atomic E-state index is 11.4. The number of aromatic nitrogens is 3.